The Morgan fingerprint density at radius 3 is 2.90 bits per heavy atom. The molecule has 1 saturated heterocycles. The zero-order valence-corrected chi connectivity index (χ0v) is 11.8. The number of rotatable bonds is 4. The van der Waals surface area contributed by atoms with Crippen molar-refractivity contribution in [3.05, 3.63) is 36.4 Å². The average Bonchev–Trinajstić information content (AvgIpc) is 3.21. The predicted octanol–water partition coefficient (Wildman–Crippen LogP) is 2.96. The van der Waals surface area contributed by atoms with Gasteiger partial charge in [-0.3, -0.25) is 0 Å². The lowest BCUT2D eigenvalue weighted by molar-refractivity contribution is 0.569. The van der Waals surface area contributed by atoms with Gasteiger partial charge in [0.25, 0.3) is 0 Å². The van der Waals surface area contributed by atoms with E-state index in [4.69, 9.17) is 4.98 Å². The standard InChI is InChI=1S/C17H21N3/c1-2-6-16-13(4-1)7-10-17(19-16)20-11-3-5-15(20)12-18-14-8-9-14/h1-2,4,6-7,10,14-15,18H,3,5,8-9,11-12H2. The maximum absolute atomic E-state index is 4.85. The summed E-state index contributed by atoms with van der Waals surface area (Å²) in [6.07, 6.45) is 5.29. The number of pyridine rings is 1. The maximum Gasteiger partial charge on any atom is 0.129 e. The highest BCUT2D eigenvalue weighted by atomic mass is 15.2. The van der Waals surface area contributed by atoms with Crippen molar-refractivity contribution in [2.45, 2.75) is 37.8 Å². The third kappa shape index (κ3) is 2.38. The zero-order chi connectivity index (χ0) is 13.4. The van der Waals surface area contributed by atoms with Gasteiger partial charge in [-0.2, -0.15) is 0 Å². The first-order valence-electron chi connectivity index (χ1n) is 7.76. The molecule has 0 bridgehead atoms. The van der Waals surface area contributed by atoms with Crippen LogP contribution in [-0.2, 0) is 0 Å². The molecule has 3 nitrogen and oxygen atoms in total. The average molecular weight is 267 g/mol. The van der Waals surface area contributed by atoms with Crippen molar-refractivity contribution in [3.8, 4) is 0 Å². The fraction of sp³-hybridized carbons (Fsp3) is 0.471. The van der Waals surface area contributed by atoms with E-state index in [1.807, 2.05) is 0 Å². The molecular formula is C17H21N3. The highest BCUT2D eigenvalue weighted by molar-refractivity contribution is 5.80. The van der Waals surface area contributed by atoms with Gasteiger partial charge in [0.1, 0.15) is 5.82 Å². The normalized spacial score (nSPS) is 22.6. The number of hydrogen-bond acceptors (Lipinski definition) is 3. The quantitative estimate of drug-likeness (QED) is 0.923. The highest BCUT2D eigenvalue weighted by Gasteiger charge is 2.28. The molecule has 3 heteroatoms. The number of hydrogen-bond donors (Lipinski definition) is 1. The van der Waals surface area contributed by atoms with Crippen LogP contribution in [0, 0.1) is 0 Å². The van der Waals surface area contributed by atoms with E-state index in [9.17, 15) is 0 Å². The van der Waals surface area contributed by atoms with Crippen LogP contribution in [0.4, 0.5) is 5.82 Å². The van der Waals surface area contributed by atoms with Gasteiger partial charge in [0, 0.05) is 30.6 Å². The molecule has 104 valence electrons. The molecule has 0 amide bonds. The van der Waals surface area contributed by atoms with Crippen molar-refractivity contribution in [2.75, 3.05) is 18.0 Å². The Morgan fingerprint density at radius 2 is 2.00 bits per heavy atom. The van der Waals surface area contributed by atoms with Crippen LogP contribution in [-0.4, -0.2) is 30.2 Å². The summed E-state index contributed by atoms with van der Waals surface area (Å²) >= 11 is 0. The third-order valence-corrected chi connectivity index (χ3v) is 4.47. The third-order valence-electron chi connectivity index (χ3n) is 4.47. The van der Waals surface area contributed by atoms with E-state index in [-0.39, 0.29) is 0 Å². The molecule has 4 rings (SSSR count). The summed E-state index contributed by atoms with van der Waals surface area (Å²) in [5.41, 5.74) is 1.10. The molecule has 2 heterocycles. The SMILES string of the molecule is c1ccc2nc(N3CCCC3CNC3CC3)ccc2c1. The van der Waals surface area contributed by atoms with Crippen molar-refractivity contribution in [3.63, 3.8) is 0 Å². The number of aromatic nitrogens is 1. The second kappa shape index (κ2) is 5.06. The first-order valence-corrected chi connectivity index (χ1v) is 7.76. The lowest BCUT2D eigenvalue weighted by atomic mass is 10.2. The molecule has 1 N–H and O–H groups in total. The van der Waals surface area contributed by atoms with Crippen LogP contribution in [0.15, 0.2) is 36.4 Å². The Hall–Kier alpha value is -1.61. The maximum atomic E-state index is 4.85. The minimum atomic E-state index is 0.615. The van der Waals surface area contributed by atoms with Crippen molar-refractivity contribution in [1.82, 2.24) is 10.3 Å². The summed E-state index contributed by atoms with van der Waals surface area (Å²) in [4.78, 5) is 7.34. The molecule has 2 fully saturated rings. The summed E-state index contributed by atoms with van der Waals surface area (Å²) in [5.74, 6) is 1.14. The van der Waals surface area contributed by atoms with Crippen LogP contribution >= 0.6 is 0 Å². The van der Waals surface area contributed by atoms with Crippen LogP contribution < -0.4 is 10.2 Å². The second-order valence-corrected chi connectivity index (χ2v) is 6.03. The predicted molar refractivity (Wildman–Crippen MR) is 83.1 cm³/mol. The number of nitrogens with one attached hydrogen (secondary N) is 1. The summed E-state index contributed by atoms with van der Waals surface area (Å²) < 4.78 is 0. The van der Waals surface area contributed by atoms with Crippen LogP contribution in [0.1, 0.15) is 25.7 Å². The van der Waals surface area contributed by atoms with Gasteiger partial charge in [-0.15, -0.1) is 0 Å². The smallest absolute Gasteiger partial charge is 0.129 e. The van der Waals surface area contributed by atoms with Gasteiger partial charge in [-0.1, -0.05) is 18.2 Å². The molecule has 1 aromatic heterocycles. The van der Waals surface area contributed by atoms with E-state index in [1.54, 1.807) is 0 Å². The van der Waals surface area contributed by atoms with Gasteiger partial charge >= 0.3 is 0 Å². The first kappa shape index (κ1) is 12.2. The monoisotopic (exact) mass is 267 g/mol. The Labute approximate surface area is 120 Å². The van der Waals surface area contributed by atoms with Gasteiger partial charge in [-0.25, -0.2) is 4.98 Å². The van der Waals surface area contributed by atoms with Gasteiger partial charge in [0.2, 0.25) is 0 Å². The van der Waals surface area contributed by atoms with E-state index in [2.05, 4.69) is 46.6 Å². The lowest BCUT2D eigenvalue weighted by Gasteiger charge is -2.26. The van der Waals surface area contributed by atoms with E-state index >= 15 is 0 Å². The van der Waals surface area contributed by atoms with Gasteiger partial charge in [0.05, 0.1) is 5.52 Å². The van der Waals surface area contributed by atoms with E-state index in [0.717, 1.165) is 30.5 Å². The Bertz CT molecular complexity index is 606. The fourth-order valence-corrected chi connectivity index (χ4v) is 3.15. The molecule has 1 aliphatic heterocycles. The summed E-state index contributed by atoms with van der Waals surface area (Å²) in [6, 6.07) is 14.1. The highest BCUT2D eigenvalue weighted by Crippen LogP contribution is 2.26. The molecule has 20 heavy (non-hydrogen) atoms. The molecule has 1 atom stereocenters. The Kier molecular flexibility index (Phi) is 3.07. The second-order valence-electron chi connectivity index (χ2n) is 6.03. The number of anilines is 1. The van der Waals surface area contributed by atoms with Crippen molar-refractivity contribution in [1.29, 1.82) is 0 Å². The van der Waals surface area contributed by atoms with E-state index < -0.39 is 0 Å². The van der Waals surface area contributed by atoms with Crippen molar-refractivity contribution < 1.29 is 0 Å². The summed E-state index contributed by atoms with van der Waals surface area (Å²) in [5, 5.41) is 4.89. The van der Waals surface area contributed by atoms with Crippen LogP contribution in [0.5, 0.6) is 0 Å². The summed E-state index contributed by atoms with van der Waals surface area (Å²) in [7, 11) is 0. The van der Waals surface area contributed by atoms with E-state index in [0.29, 0.717) is 6.04 Å². The molecule has 0 spiro atoms. The van der Waals surface area contributed by atoms with Gasteiger partial charge < -0.3 is 10.2 Å². The van der Waals surface area contributed by atoms with Crippen molar-refractivity contribution >= 4 is 16.7 Å². The minimum Gasteiger partial charge on any atom is -0.352 e. The van der Waals surface area contributed by atoms with Crippen LogP contribution in [0.3, 0.4) is 0 Å². The Morgan fingerprint density at radius 1 is 1.10 bits per heavy atom. The molecule has 2 aromatic rings. The number of fused-ring (bicyclic) bond motifs is 1. The fourth-order valence-electron chi connectivity index (χ4n) is 3.15. The zero-order valence-electron chi connectivity index (χ0n) is 11.8. The van der Waals surface area contributed by atoms with E-state index in [1.165, 1.54) is 31.1 Å². The largest absolute Gasteiger partial charge is 0.352 e. The molecular weight excluding hydrogens is 246 g/mol. The van der Waals surface area contributed by atoms with Crippen molar-refractivity contribution in [2.24, 2.45) is 0 Å². The lowest BCUT2D eigenvalue weighted by Crippen LogP contribution is -2.39. The molecule has 2 aliphatic rings. The Balaban J connectivity index is 1.56. The molecule has 1 aromatic carbocycles. The summed E-state index contributed by atoms with van der Waals surface area (Å²) in [6.45, 7) is 2.25. The molecule has 1 unspecified atom stereocenters. The molecule has 1 saturated carbocycles. The number of benzene rings is 1. The molecule has 0 radical (unpaired) electrons. The van der Waals surface area contributed by atoms with Crippen LogP contribution in [0.2, 0.25) is 0 Å². The topological polar surface area (TPSA) is 28.2 Å². The minimum absolute atomic E-state index is 0.615. The van der Waals surface area contributed by atoms with Gasteiger partial charge in [-0.05, 0) is 43.9 Å². The number of nitrogens with zero attached hydrogens (tertiary/aromatic N) is 2. The number of para-hydroxylation sites is 1. The molecule has 1 aliphatic carbocycles. The van der Waals surface area contributed by atoms with Crippen LogP contribution in [0.25, 0.3) is 10.9 Å². The first-order chi connectivity index (χ1) is 9.90. The van der Waals surface area contributed by atoms with Gasteiger partial charge in [0.15, 0.2) is 0 Å².